The van der Waals surface area contributed by atoms with Crippen LogP contribution in [-0.2, 0) is 6.54 Å². The van der Waals surface area contributed by atoms with Crippen molar-refractivity contribution in [2.45, 2.75) is 13.5 Å². The Labute approximate surface area is 161 Å². The van der Waals surface area contributed by atoms with E-state index in [1.807, 2.05) is 6.92 Å². The Kier molecular flexibility index (Phi) is 6.01. The van der Waals surface area contributed by atoms with Crippen LogP contribution in [-0.4, -0.2) is 22.5 Å². The molecule has 0 bridgehead atoms. The number of pyridine rings is 2. The number of nitrogens with one attached hydrogen (secondary N) is 2. The van der Waals surface area contributed by atoms with Crippen LogP contribution in [0.1, 0.15) is 23.0 Å². The molecule has 0 spiro atoms. The van der Waals surface area contributed by atoms with Crippen LogP contribution in [0.4, 0.5) is 21.6 Å². The number of nitrogens with zero attached hydrogens (tertiary/aromatic N) is 2. The first-order valence-corrected chi connectivity index (χ1v) is 8.70. The second kappa shape index (κ2) is 8.81. The molecule has 0 atom stereocenters. The molecule has 3 rings (SSSR count). The van der Waals surface area contributed by atoms with E-state index in [9.17, 15) is 9.18 Å². The minimum absolute atomic E-state index is 0.187. The van der Waals surface area contributed by atoms with Crippen LogP contribution in [0.2, 0.25) is 0 Å². The number of amides is 1. The van der Waals surface area contributed by atoms with Crippen molar-refractivity contribution in [1.82, 2.24) is 9.97 Å². The SMILES string of the molecule is CCOc1ccc(C(=O)Nc2ccc(F)c(CNc3cccnc3N)c2)nc1. The Morgan fingerprint density at radius 3 is 2.79 bits per heavy atom. The molecule has 1 aromatic carbocycles. The van der Waals surface area contributed by atoms with E-state index in [2.05, 4.69) is 20.6 Å². The fourth-order valence-corrected chi connectivity index (χ4v) is 2.51. The van der Waals surface area contributed by atoms with Gasteiger partial charge in [-0.1, -0.05) is 0 Å². The van der Waals surface area contributed by atoms with E-state index in [-0.39, 0.29) is 12.2 Å². The van der Waals surface area contributed by atoms with Crippen LogP contribution in [0, 0.1) is 5.82 Å². The number of hydrogen-bond donors (Lipinski definition) is 3. The van der Waals surface area contributed by atoms with E-state index in [0.717, 1.165) is 0 Å². The predicted octanol–water partition coefficient (Wildman–Crippen LogP) is 3.46. The Morgan fingerprint density at radius 1 is 1.21 bits per heavy atom. The van der Waals surface area contributed by atoms with E-state index in [4.69, 9.17) is 10.5 Å². The highest BCUT2D eigenvalue weighted by molar-refractivity contribution is 6.02. The zero-order valence-corrected chi connectivity index (χ0v) is 15.3. The lowest BCUT2D eigenvalue weighted by Crippen LogP contribution is -2.14. The Hall–Kier alpha value is -3.68. The van der Waals surface area contributed by atoms with Crippen molar-refractivity contribution in [3.05, 3.63) is 71.9 Å². The van der Waals surface area contributed by atoms with E-state index in [0.29, 0.717) is 35.1 Å². The number of carbonyl (C=O) groups is 1. The summed E-state index contributed by atoms with van der Waals surface area (Å²) in [6.07, 6.45) is 3.06. The molecule has 0 aliphatic rings. The zero-order valence-electron chi connectivity index (χ0n) is 15.3. The molecule has 28 heavy (non-hydrogen) atoms. The normalized spacial score (nSPS) is 10.4. The maximum atomic E-state index is 14.1. The number of anilines is 3. The lowest BCUT2D eigenvalue weighted by molar-refractivity contribution is 0.102. The number of benzene rings is 1. The van der Waals surface area contributed by atoms with Gasteiger partial charge >= 0.3 is 0 Å². The molecule has 1 amide bonds. The highest BCUT2D eigenvalue weighted by Gasteiger charge is 2.10. The molecule has 8 heteroatoms. The number of carbonyl (C=O) groups excluding carboxylic acids is 1. The Bertz CT molecular complexity index is 963. The Morgan fingerprint density at radius 2 is 2.07 bits per heavy atom. The summed E-state index contributed by atoms with van der Waals surface area (Å²) in [5.41, 5.74) is 7.44. The van der Waals surface area contributed by atoms with Gasteiger partial charge in [0.1, 0.15) is 23.1 Å². The number of aromatic nitrogens is 2. The monoisotopic (exact) mass is 381 g/mol. The average Bonchev–Trinajstić information content (AvgIpc) is 2.70. The molecular formula is C20H20FN5O2. The third kappa shape index (κ3) is 4.73. The summed E-state index contributed by atoms with van der Waals surface area (Å²) in [6, 6.07) is 11.1. The molecule has 2 aromatic heterocycles. The van der Waals surface area contributed by atoms with Crippen molar-refractivity contribution in [2.24, 2.45) is 0 Å². The summed E-state index contributed by atoms with van der Waals surface area (Å²) in [6.45, 7) is 2.57. The molecule has 0 radical (unpaired) electrons. The highest BCUT2D eigenvalue weighted by Crippen LogP contribution is 2.19. The van der Waals surface area contributed by atoms with Crippen LogP contribution in [0.15, 0.2) is 54.9 Å². The van der Waals surface area contributed by atoms with Crippen LogP contribution in [0.3, 0.4) is 0 Å². The molecule has 0 saturated heterocycles. The Balaban J connectivity index is 1.68. The molecule has 3 aromatic rings. The van der Waals surface area contributed by atoms with Gasteiger partial charge in [-0.15, -0.1) is 0 Å². The topological polar surface area (TPSA) is 102 Å². The smallest absolute Gasteiger partial charge is 0.274 e. The van der Waals surface area contributed by atoms with Gasteiger partial charge in [-0.05, 0) is 49.4 Å². The first-order chi connectivity index (χ1) is 13.6. The number of halogens is 1. The van der Waals surface area contributed by atoms with E-state index >= 15 is 0 Å². The van der Waals surface area contributed by atoms with Crippen molar-refractivity contribution < 1.29 is 13.9 Å². The summed E-state index contributed by atoms with van der Waals surface area (Å²) in [7, 11) is 0. The van der Waals surface area contributed by atoms with Crippen molar-refractivity contribution in [3.8, 4) is 5.75 Å². The molecule has 0 saturated carbocycles. The van der Waals surface area contributed by atoms with Crippen LogP contribution in [0.25, 0.3) is 0 Å². The quantitative estimate of drug-likeness (QED) is 0.579. The first kappa shape index (κ1) is 19.1. The van der Waals surface area contributed by atoms with Crippen molar-refractivity contribution in [3.63, 3.8) is 0 Å². The molecule has 0 fully saturated rings. The van der Waals surface area contributed by atoms with Crippen molar-refractivity contribution >= 4 is 23.1 Å². The summed E-state index contributed by atoms with van der Waals surface area (Å²) in [4.78, 5) is 20.4. The van der Waals surface area contributed by atoms with Crippen LogP contribution in [0.5, 0.6) is 5.75 Å². The molecule has 0 aliphatic heterocycles. The minimum atomic E-state index is -0.398. The van der Waals surface area contributed by atoms with Gasteiger partial charge in [-0.25, -0.2) is 14.4 Å². The van der Waals surface area contributed by atoms with Gasteiger partial charge in [0.15, 0.2) is 0 Å². The van der Waals surface area contributed by atoms with Gasteiger partial charge < -0.3 is 21.1 Å². The summed E-state index contributed by atoms with van der Waals surface area (Å²) in [5.74, 6) is 0.120. The third-order valence-corrected chi connectivity index (χ3v) is 3.89. The standard InChI is InChI=1S/C20H20FN5O2/c1-2-28-15-6-8-18(25-12-15)20(27)26-14-5-7-16(21)13(10-14)11-24-17-4-3-9-23-19(17)22/h3-10,12,24H,2,11H2,1H3,(H2,22,23)(H,26,27). The molecule has 0 unspecified atom stereocenters. The average molecular weight is 381 g/mol. The molecule has 0 aliphatic carbocycles. The molecular weight excluding hydrogens is 361 g/mol. The van der Waals surface area contributed by atoms with E-state index < -0.39 is 11.7 Å². The number of nitrogens with two attached hydrogens (primary N) is 1. The fourth-order valence-electron chi connectivity index (χ4n) is 2.51. The summed E-state index contributed by atoms with van der Waals surface area (Å²) in [5, 5.41) is 5.75. The lowest BCUT2D eigenvalue weighted by atomic mass is 10.1. The van der Waals surface area contributed by atoms with Gasteiger partial charge in [0, 0.05) is 24.0 Å². The first-order valence-electron chi connectivity index (χ1n) is 8.70. The zero-order chi connectivity index (χ0) is 19.9. The minimum Gasteiger partial charge on any atom is -0.492 e. The number of hydrogen-bond acceptors (Lipinski definition) is 6. The van der Waals surface area contributed by atoms with Crippen molar-refractivity contribution in [1.29, 1.82) is 0 Å². The van der Waals surface area contributed by atoms with Gasteiger partial charge in [0.25, 0.3) is 5.91 Å². The molecule has 2 heterocycles. The maximum absolute atomic E-state index is 14.1. The van der Waals surface area contributed by atoms with Crippen LogP contribution < -0.4 is 21.1 Å². The lowest BCUT2D eigenvalue weighted by Gasteiger charge is -2.11. The van der Waals surface area contributed by atoms with E-state index in [1.54, 1.807) is 36.5 Å². The number of nitrogen functional groups attached to an aromatic ring is 1. The second-order valence-corrected chi connectivity index (χ2v) is 5.86. The van der Waals surface area contributed by atoms with Gasteiger partial charge in [-0.2, -0.15) is 0 Å². The number of ether oxygens (including phenoxy) is 1. The molecule has 7 nitrogen and oxygen atoms in total. The third-order valence-electron chi connectivity index (χ3n) is 3.89. The van der Waals surface area contributed by atoms with Crippen LogP contribution >= 0.6 is 0 Å². The summed E-state index contributed by atoms with van der Waals surface area (Å²) < 4.78 is 19.4. The van der Waals surface area contributed by atoms with Gasteiger partial charge in [-0.3, -0.25) is 4.79 Å². The van der Waals surface area contributed by atoms with E-state index in [1.165, 1.54) is 18.3 Å². The summed E-state index contributed by atoms with van der Waals surface area (Å²) >= 11 is 0. The van der Waals surface area contributed by atoms with Gasteiger partial charge in [0.05, 0.1) is 18.5 Å². The van der Waals surface area contributed by atoms with Gasteiger partial charge in [0.2, 0.25) is 0 Å². The largest absolute Gasteiger partial charge is 0.492 e. The fraction of sp³-hybridized carbons (Fsp3) is 0.150. The molecule has 4 N–H and O–H groups in total. The second-order valence-electron chi connectivity index (χ2n) is 5.86. The number of rotatable bonds is 7. The predicted molar refractivity (Wildman–Crippen MR) is 106 cm³/mol. The highest BCUT2D eigenvalue weighted by atomic mass is 19.1. The van der Waals surface area contributed by atoms with Crippen molar-refractivity contribution in [2.75, 3.05) is 23.0 Å². The molecule has 144 valence electrons. The maximum Gasteiger partial charge on any atom is 0.274 e.